The molecule has 134 valence electrons. The number of aliphatic hydroxyl groups excluding tert-OH is 1. The maximum absolute atomic E-state index is 12.8. The summed E-state index contributed by atoms with van der Waals surface area (Å²) in [4.78, 5) is 26.8. The molecule has 1 unspecified atom stereocenters. The Hall–Kier alpha value is -2.30. The molecule has 1 aliphatic heterocycles. The lowest BCUT2D eigenvalue weighted by atomic mass is 9.81. The molecule has 0 radical (unpaired) electrons. The van der Waals surface area contributed by atoms with Crippen molar-refractivity contribution in [3.63, 3.8) is 0 Å². The summed E-state index contributed by atoms with van der Waals surface area (Å²) in [7, 11) is 0. The Bertz CT molecular complexity index is 686. The van der Waals surface area contributed by atoms with E-state index in [1.807, 2.05) is 31.2 Å². The fourth-order valence-corrected chi connectivity index (χ4v) is 3.93. The molecule has 1 saturated carbocycles. The highest BCUT2D eigenvalue weighted by Crippen LogP contribution is 2.40. The van der Waals surface area contributed by atoms with Crippen LogP contribution in [0.25, 0.3) is 0 Å². The average Bonchev–Trinajstić information content (AvgIpc) is 2.88. The van der Waals surface area contributed by atoms with E-state index in [-0.39, 0.29) is 18.1 Å². The molecule has 0 bridgehead atoms. The second kappa shape index (κ2) is 7.30. The van der Waals surface area contributed by atoms with E-state index < -0.39 is 23.7 Å². The zero-order valence-electron chi connectivity index (χ0n) is 14.8. The third kappa shape index (κ3) is 3.28. The van der Waals surface area contributed by atoms with Crippen molar-refractivity contribution in [2.45, 2.75) is 52.0 Å². The molecule has 1 heterocycles. The number of aryl methyl sites for hydroxylation is 1. The lowest BCUT2D eigenvalue weighted by Gasteiger charge is -2.35. The van der Waals surface area contributed by atoms with Gasteiger partial charge in [-0.05, 0) is 44.7 Å². The van der Waals surface area contributed by atoms with Gasteiger partial charge in [-0.3, -0.25) is 9.69 Å². The molecular formula is C20H25NO4. The van der Waals surface area contributed by atoms with Gasteiger partial charge < -0.3 is 9.84 Å². The van der Waals surface area contributed by atoms with E-state index >= 15 is 0 Å². The number of carbonyl (C=O) groups is 2. The Morgan fingerprint density at radius 2 is 1.84 bits per heavy atom. The lowest BCUT2D eigenvalue weighted by molar-refractivity contribution is -0.139. The minimum absolute atomic E-state index is 0.124. The maximum Gasteiger partial charge on any atom is 0.340 e. The van der Waals surface area contributed by atoms with Crippen LogP contribution in [0.4, 0.5) is 5.69 Å². The van der Waals surface area contributed by atoms with Crippen molar-refractivity contribution in [1.82, 2.24) is 0 Å². The van der Waals surface area contributed by atoms with Crippen molar-refractivity contribution in [2.75, 3.05) is 11.5 Å². The summed E-state index contributed by atoms with van der Waals surface area (Å²) in [5.74, 6) is -1.40. The van der Waals surface area contributed by atoms with Crippen LogP contribution in [-0.2, 0) is 14.3 Å². The number of benzene rings is 1. The second-order valence-corrected chi connectivity index (χ2v) is 6.84. The predicted octanol–water partition coefficient (Wildman–Crippen LogP) is 3.67. The second-order valence-electron chi connectivity index (χ2n) is 6.84. The van der Waals surface area contributed by atoms with Crippen LogP contribution in [0.3, 0.4) is 0 Å². The third-order valence-corrected chi connectivity index (χ3v) is 5.15. The molecule has 0 saturated heterocycles. The summed E-state index contributed by atoms with van der Waals surface area (Å²) in [5, 5.41) is 10.4. The SMILES string of the molecule is CCOC(=O)C1=C(O)C(=O)N(c2ccc(C)cc2)C1C1CCCCC1. The highest BCUT2D eigenvalue weighted by Gasteiger charge is 2.47. The van der Waals surface area contributed by atoms with E-state index in [1.54, 1.807) is 11.8 Å². The number of aliphatic hydroxyl groups is 1. The third-order valence-electron chi connectivity index (χ3n) is 5.15. The first-order valence-electron chi connectivity index (χ1n) is 9.05. The Morgan fingerprint density at radius 3 is 2.44 bits per heavy atom. The number of rotatable bonds is 4. The van der Waals surface area contributed by atoms with Crippen LogP contribution >= 0.6 is 0 Å². The maximum atomic E-state index is 12.8. The molecule has 25 heavy (non-hydrogen) atoms. The highest BCUT2D eigenvalue weighted by atomic mass is 16.5. The first-order chi connectivity index (χ1) is 12.0. The standard InChI is InChI=1S/C20H25NO4/c1-3-25-20(24)16-17(14-7-5-4-6-8-14)21(19(23)18(16)22)15-11-9-13(2)10-12-15/h9-12,14,17,22H,3-8H2,1-2H3. The summed E-state index contributed by atoms with van der Waals surface area (Å²) < 4.78 is 5.13. The Kier molecular flexibility index (Phi) is 5.11. The van der Waals surface area contributed by atoms with Gasteiger partial charge in [-0.1, -0.05) is 37.0 Å². The summed E-state index contributed by atoms with van der Waals surface area (Å²) in [6.45, 7) is 3.92. The summed E-state index contributed by atoms with van der Waals surface area (Å²) in [5.41, 5.74) is 1.92. The zero-order chi connectivity index (χ0) is 18.0. The first-order valence-corrected chi connectivity index (χ1v) is 9.05. The molecule has 2 aliphatic rings. The number of carbonyl (C=O) groups excluding carboxylic acids is 2. The normalized spacial score (nSPS) is 21.8. The fourth-order valence-electron chi connectivity index (χ4n) is 3.93. The quantitative estimate of drug-likeness (QED) is 0.847. The van der Waals surface area contributed by atoms with Gasteiger partial charge >= 0.3 is 5.97 Å². The van der Waals surface area contributed by atoms with Crippen LogP contribution in [-0.4, -0.2) is 29.6 Å². The van der Waals surface area contributed by atoms with Gasteiger partial charge in [0.1, 0.15) is 5.57 Å². The molecular weight excluding hydrogens is 318 g/mol. The van der Waals surface area contributed by atoms with Crippen LogP contribution in [0.15, 0.2) is 35.6 Å². The largest absolute Gasteiger partial charge is 0.503 e. The molecule has 0 spiro atoms. The number of hydrogen-bond acceptors (Lipinski definition) is 4. The van der Waals surface area contributed by atoms with Crippen molar-refractivity contribution in [3.05, 3.63) is 41.2 Å². The molecule has 1 atom stereocenters. The molecule has 1 aromatic carbocycles. The molecule has 1 N–H and O–H groups in total. The van der Waals surface area contributed by atoms with Gasteiger partial charge in [0.25, 0.3) is 5.91 Å². The summed E-state index contributed by atoms with van der Waals surface area (Å²) >= 11 is 0. The van der Waals surface area contributed by atoms with Crippen molar-refractivity contribution < 1.29 is 19.4 Å². The van der Waals surface area contributed by atoms with E-state index in [9.17, 15) is 14.7 Å². The number of ether oxygens (including phenoxy) is 1. The monoisotopic (exact) mass is 343 g/mol. The molecule has 3 rings (SSSR count). The molecule has 5 nitrogen and oxygen atoms in total. The van der Waals surface area contributed by atoms with Gasteiger partial charge in [0, 0.05) is 5.69 Å². The van der Waals surface area contributed by atoms with E-state index in [1.165, 1.54) is 6.42 Å². The summed E-state index contributed by atoms with van der Waals surface area (Å²) in [6, 6.07) is 7.14. The van der Waals surface area contributed by atoms with Crippen LogP contribution in [0.2, 0.25) is 0 Å². The number of anilines is 1. The van der Waals surface area contributed by atoms with Crippen molar-refractivity contribution in [2.24, 2.45) is 5.92 Å². The molecule has 1 aliphatic carbocycles. The van der Waals surface area contributed by atoms with Gasteiger partial charge in [0.2, 0.25) is 0 Å². The van der Waals surface area contributed by atoms with Crippen LogP contribution in [0.1, 0.15) is 44.6 Å². The predicted molar refractivity (Wildman–Crippen MR) is 95.3 cm³/mol. The van der Waals surface area contributed by atoms with Gasteiger partial charge in [0.05, 0.1) is 12.6 Å². The minimum Gasteiger partial charge on any atom is -0.503 e. The topological polar surface area (TPSA) is 66.8 Å². The van der Waals surface area contributed by atoms with Crippen molar-refractivity contribution in [3.8, 4) is 0 Å². The number of nitrogens with zero attached hydrogens (tertiary/aromatic N) is 1. The van der Waals surface area contributed by atoms with E-state index in [0.717, 1.165) is 31.2 Å². The number of hydrogen-bond donors (Lipinski definition) is 1. The smallest absolute Gasteiger partial charge is 0.340 e. The Balaban J connectivity index is 2.02. The van der Waals surface area contributed by atoms with E-state index in [4.69, 9.17) is 4.74 Å². The fraction of sp³-hybridized carbons (Fsp3) is 0.500. The molecule has 1 amide bonds. The van der Waals surface area contributed by atoms with E-state index in [2.05, 4.69) is 0 Å². The molecule has 1 fully saturated rings. The van der Waals surface area contributed by atoms with Gasteiger partial charge in [0.15, 0.2) is 5.76 Å². The number of amides is 1. The van der Waals surface area contributed by atoms with Gasteiger partial charge in [-0.25, -0.2) is 4.79 Å². The van der Waals surface area contributed by atoms with Gasteiger partial charge in [-0.2, -0.15) is 0 Å². The molecule has 1 aromatic rings. The van der Waals surface area contributed by atoms with Crippen molar-refractivity contribution >= 4 is 17.6 Å². The molecule has 5 heteroatoms. The first kappa shape index (κ1) is 17.5. The molecule has 0 aromatic heterocycles. The lowest BCUT2D eigenvalue weighted by Crippen LogP contribution is -2.43. The minimum atomic E-state index is -0.585. The Morgan fingerprint density at radius 1 is 1.20 bits per heavy atom. The Labute approximate surface area is 148 Å². The average molecular weight is 343 g/mol. The van der Waals surface area contributed by atoms with Crippen LogP contribution in [0.5, 0.6) is 0 Å². The van der Waals surface area contributed by atoms with E-state index in [0.29, 0.717) is 5.69 Å². The summed E-state index contributed by atoms with van der Waals surface area (Å²) in [6.07, 6.45) is 5.21. The number of esters is 1. The van der Waals surface area contributed by atoms with Crippen LogP contribution < -0.4 is 4.90 Å². The van der Waals surface area contributed by atoms with Crippen molar-refractivity contribution in [1.29, 1.82) is 0 Å². The zero-order valence-corrected chi connectivity index (χ0v) is 14.8. The van der Waals surface area contributed by atoms with Gasteiger partial charge in [-0.15, -0.1) is 0 Å². The highest BCUT2D eigenvalue weighted by molar-refractivity contribution is 6.15. The van der Waals surface area contributed by atoms with Crippen LogP contribution in [0, 0.1) is 12.8 Å².